The third-order valence-corrected chi connectivity index (χ3v) is 3.07. The van der Waals surface area contributed by atoms with Crippen molar-refractivity contribution in [1.82, 2.24) is 4.98 Å². The number of hydrogen-bond acceptors (Lipinski definition) is 3. The number of fused-ring (bicyclic) bond motifs is 1. The van der Waals surface area contributed by atoms with E-state index in [-0.39, 0.29) is 22.6 Å². The molecule has 0 saturated heterocycles. The topological polar surface area (TPSA) is 63.3 Å². The molecule has 0 saturated carbocycles. The number of para-hydroxylation sites is 1. The van der Waals surface area contributed by atoms with Crippen LogP contribution in [0.4, 0.5) is 4.39 Å². The van der Waals surface area contributed by atoms with E-state index in [1.54, 1.807) is 37.3 Å². The smallest absolute Gasteiger partial charge is 0.339 e. The Morgan fingerprint density at radius 2 is 2.00 bits per heavy atom. The van der Waals surface area contributed by atoms with Crippen molar-refractivity contribution in [2.24, 2.45) is 0 Å². The zero-order chi connectivity index (χ0) is 14.3. The lowest BCUT2D eigenvalue weighted by molar-refractivity contribution is 0.0698. The van der Waals surface area contributed by atoms with E-state index in [1.807, 2.05) is 0 Å². The Kier molecular flexibility index (Phi) is 2.75. The molecule has 0 aliphatic heterocycles. The van der Waals surface area contributed by atoms with E-state index in [0.29, 0.717) is 11.1 Å². The van der Waals surface area contributed by atoms with Crippen LogP contribution in [0.25, 0.3) is 22.6 Å². The number of rotatable bonds is 2. The number of hydrogen-bond donors (Lipinski definition) is 1. The summed E-state index contributed by atoms with van der Waals surface area (Å²) in [7, 11) is 0. The molecular formula is C15H10FNO3. The molecule has 0 radical (unpaired) electrons. The first kappa shape index (κ1) is 12.3. The van der Waals surface area contributed by atoms with E-state index in [2.05, 4.69) is 4.98 Å². The molecule has 3 rings (SSSR count). The van der Waals surface area contributed by atoms with Gasteiger partial charge in [0.15, 0.2) is 5.58 Å². The van der Waals surface area contributed by atoms with Crippen molar-refractivity contribution in [2.45, 2.75) is 6.92 Å². The standard InChI is InChI=1S/C15H10FNO3/c1-8-4-2-5-9(12(8)16)14-17-11-7-3-6-10(15(18)19)13(11)20-14/h2-7H,1H3,(H,18,19). The van der Waals surface area contributed by atoms with E-state index < -0.39 is 11.8 Å². The minimum atomic E-state index is -1.11. The van der Waals surface area contributed by atoms with E-state index >= 15 is 0 Å². The Labute approximate surface area is 113 Å². The van der Waals surface area contributed by atoms with E-state index in [1.165, 1.54) is 6.07 Å². The second-order valence-corrected chi connectivity index (χ2v) is 4.41. The van der Waals surface area contributed by atoms with Gasteiger partial charge in [-0.3, -0.25) is 0 Å². The summed E-state index contributed by atoms with van der Waals surface area (Å²) in [4.78, 5) is 15.3. The Morgan fingerprint density at radius 1 is 1.25 bits per heavy atom. The average molecular weight is 271 g/mol. The highest BCUT2D eigenvalue weighted by atomic mass is 19.1. The maximum Gasteiger partial charge on any atom is 0.339 e. The number of oxazole rings is 1. The van der Waals surface area contributed by atoms with Crippen LogP contribution in [-0.4, -0.2) is 16.1 Å². The van der Waals surface area contributed by atoms with Gasteiger partial charge in [0.25, 0.3) is 0 Å². The van der Waals surface area contributed by atoms with Gasteiger partial charge in [-0.05, 0) is 30.7 Å². The van der Waals surface area contributed by atoms with Crippen molar-refractivity contribution in [3.8, 4) is 11.5 Å². The van der Waals surface area contributed by atoms with Gasteiger partial charge in [0.1, 0.15) is 16.9 Å². The summed E-state index contributed by atoms with van der Waals surface area (Å²) in [5.74, 6) is -1.45. The zero-order valence-electron chi connectivity index (χ0n) is 10.6. The van der Waals surface area contributed by atoms with Crippen molar-refractivity contribution < 1.29 is 18.7 Å². The lowest BCUT2D eigenvalue weighted by Gasteiger charge is -2.00. The van der Waals surface area contributed by atoms with Gasteiger partial charge in [0.2, 0.25) is 5.89 Å². The van der Waals surface area contributed by atoms with Gasteiger partial charge >= 0.3 is 5.97 Å². The summed E-state index contributed by atoms with van der Waals surface area (Å²) in [6.45, 7) is 1.64. The summed E-state index contributed by atoms with van der Waals surface area (Å²) < 4.78 is 19.5. The number of carboxylic acids is 1. The van der Waals surface area contributed by atoms with Crippen molar-refractivity contribution in [3.63, 3.8) is 0 Å². The van der Waals surface area contributed by atoms with Crippen molar-refractivity contribution in [2.75, 3.05) is 0 Å². The minimum Gasteiger partial charge on any atom is -0.478 e. The number of halogens is 1. The molecule has 2 aromatic carbocycles. The van der Waals surface area contributed by atoms with Gasteiger partial charge in [0, 0.05) is 0 Å². The van der Waals surface area contributed by atoms with Crippen LogP contribution in [0.1, 0.15) is 15.9 Å². The Balaban J connectivity index is 2.26. The molecule has 1 aromatic heterocycles. The summed E-state index contributed by atoms with van der Waals surface area (Å²) in [5.41, 5.74) is 1.24. The summed E-state index contributed by atoms with van der Waals surface area (Å²) in [6, 6.07) is 9.51. The molecule has 0 amide bonds. The third kappa shape index (κ3) is 1.84. The molecule has 4 nitrogen and oxygen atoms in total. The van der Waals surface area contributed by atoms with Gasteiger partial charge in [-0.15, -0.1) is 0 Å². The molecule has 3 aromatic rings. The Morgan fingerprint density at radius 3 is 2.75 bits per heavy atom. The van der Waals surface area contributed by atoms with Gasteiger partial charge in [-0.1, -0.05) is 18.2 Å². The number of aromatic nitrogens is 1. The highest BCUT2D eigenvalue weighted by molar-refractivity contribution is 6.00. The van der Waals surface area contributed by atoms with Crippen molar-refractivity contribution >= 4 is 17.1 Å². The van der Waals surface area contributed by atoms with E-state index in [0.717, 1.165) is 0 Å². The van der Waals surface area contributed by atoms with Crippen LogP contribution < -0.4 is 0 Å². The fourth-order valence-electron chi connectivity index (χ4n) is 2.05. The van der Waals surface area contributed by atoms with Crippen LogP contribution in [0.2, 0.25) is 0 Å². The molecule has 0 spiro atoms. The lowest BCUT2D eigenvalue weighted by atomic mass is 10.1. The molecule has 0 bridgehead atoms. The highest BCUT2D eigenvalue weighted by Gasteiger charge is 2.17. The first-order valence-electron chi connectivity index (χ1n) is 5.96. The average Bonchev–Trinajstić information content (AvgIpc) is 2.84. The second-order valence-electron chi connectivity index (χ2n) is 4.41. The molecule has 0 aliphatic rings. The van der Waals surface area contributed by atoms with Crippen LogP contribution in [-0.2, 0) is 0 Å². The molecular weight excluding hydrogens is 261 g/mol. The van der Waals surface area contributed by atoms with Gasteiger partial charge < -0.3 is 9.52 Å². The molecule has 0 atom stereocenters. The molecule has 5 heteroatoms. The minimum absolute atomic E-state index is 0.00862. The first-order chi connectivity index (χ1) is 9.58. The maximum atomic E-state index is 14.1. The zero-order valence-corrected chi connectivity index (χ0v) is 10.6. The third-order valence-electron chi connectivity index (χ3n) is 3.07. The Hall–Kier alpha value is -2.69. The number of carboxylic acid groups (broad SMARTS) is 1. The molecule has 100 valence electrons. The van der Waals surface area contributed by atoms with Crippen LogP contribution in [0.5, 0.6) is 0 Å². The largest absolute Gasteiger partial charge is 0.478 e. The number of nitrogens with zero attached hydrogens (tertiary/aromatic N) is 1. The van der Waals surface area contributed by atoms with Crippen molar-refractivity contribution in [1.29, 1.82) is 0 Å². The van der Waals surface area contributed by atoms with Gasteiger partial charge in [-0.2, -0.15) is 0 Å². The SMILES string of the molecule is Cc1cccc(-c2nc3cccc(C(=O)O)c3o2)c1F. The van der Waals surface area contributed by atoms with Crippen LogP contribution in [0, 0.1) is 12.7 Å². The normalized spacial score (nSPS) is 10.9. The number of carbonyl (C=O) groups is 1. The maximum absolute atomic E-state index is 14.1. The van der Waals surface area contributed by atoms with E-state index in [4.69, 9.17) is 9.52 Å². The molecule has 1 heterocycles. The number of aromatic carboxylic acids is 1. The molecule has 0 aliphatic carbocycles. The van der Waals surface area contributed by atoms with Gasteiger partial charge in [0.05, 0.1) is 5.56 Å². The quantitative estimate of drug-likeness (QED) is 0.772. The monoisotopic (exact) mass is 271 g/mol. The molecule has 0 unspecified atom stereocenters. The fraction of sp³-hybridized carbons (Fsp3) is 0.0667. The first-order valence-corrected chi connectivity index (χ1v) is 5.96. The predicted molar refractivity (Wildman–Crippen MR) is 71.1 cm³/mol. The van der Waals surface area contributed by atoms with Crippen LogP contribution in [0.3, 0.4) is 0 Å². The molecule has 20 heavy (non-hydrogen) atoms. The summed E-state index contributed by atoms with van der Waals surface area (Å²) in [5, 5.41) is 9.10. The van der Waals surface area contributed by atoms with Crippen molar-refractivity contribution in [3.05, 3.63) is 53.3 Å². The Bertz CT molecular complexity index is 823. The highest BCUT2D eigenvalue weighted by Crippen LogP contribution is 2.29. The summed E-state index contributed by atoms with van der Waals surface area (Å²) >= 11 is 0. The molecule has 0 fully saturated rings. The van der Waals surface area contributed by atoms with Crippen LogP contribution in [0.15, 0.2) is 40.8 Å². The number of aryl methyl sites for hydroxylation is 1. The molecule has 1 N–H and O–H groups in total. The fourth-order valence-corrected chi connectivity index (χ4v) is 2.05. The number of benzene rings is 2. The van der Waals surface area contributed by atoms with Crippen LogP contribution >= 0.6 is 0 Å². The van der Waals surface area contributed by atoms with Gasteiger partial charge in [-0.25, -0.2) is 14.2 Å². The second kappa shape index (κ2) is 4.45. The summed E-state index contributed by atoms with van der Waals surface area (Å²) in [6.07, 6.45) is 0. The van der Waals surface area contributed by atoms with E-state index in [9.17, 15) is 9.18 Å². The predicted octanol–water partition coefficient (Wildman–Crippen LogP) is 3.64. The lowest BCUT2D eigenvalue weighted by Crippen LogP contribution is -1.95.